The fourth-order valence-electron chi connectivity index (χ4n) is 4.74. The van der Waals surface area contributed by atoms with Crippen molar-refractivity contribution < 1.29 is 18.9 Å². The third-order valence-corrected chi connectivity index (χ3v) is 6.37. The van der Waals surface area contributed by atoms with E-state index in [4.69, 9.17) is 0 Å². The number of hydrogen-bond donors (Lipinski definition) is 0. The minimum atomic E-state index is -0.388. The molecule has 0 spiro atoms. The first-order valence-electron chi connectivity index (χ1n) is 10.6. The summed E-state index contributed by atoms with van der Waals surface area (Å²) in [5.41, 5.74) is 3.57. The van der Waals surface area contributed by atoms with Gasteiger partial charge in [0.05, 0.1) is 29.0 Å². The van der Waals surface area contributed by atoms with E-state index in [2.05, 4.69) is 29.9 Å². The van der Waals surface area contributed by atoms with Crippen molar-refractivity contribution in [2.24, 2.45) is 0 Å². The van der Waals surface area contributed by atoms with E-state index in [-0.39, 0.29) is 21.2 Å². The first-order valence-corrected chi connectivity index (χ1v) is 10.6. The van der Waals surface area contributed by atoms with Crippen LogP contribution in [0, 0.1) is 20.2 Å². The van der Waals surface area contributed by atoms with Crippen LogP contribution in [0.4, 0.5) is 11.4 Å². The van der Waals surface area contributed by atoms with Crippen molar-refractivity contribution in [2.45, 2.75) is 32.0 Å². The number of non-ortho nitro benzene ring substituents is 2. The second kappa shape index (κ2) is 8.84. The number of pyridine rings is 1. The number of hydrogen-bond acceptors (Lipinski definition) is 4. The average Bonchev–Trinajstić information content (AvgIpc) is 3.15. The van der Waals surface area contributed by atoms with E-state index in [0.29, 0.717) is 12.6 Å². The highest BCUT2D eigenvalue weighted by molar-refractivity contribution is 5.33. The Kier molecular flexibility index (Phi) is 5.96. The van der Waals surface area contributed by atoms with Crippen LogP contribution >= 0.6 is 0 Å². The molecule has 0 radical (unpaired) electrons. The summed E-state index contributed by atoms with van der Waals surface area (Å²) in [5, 5.41) is 21.8. The molecule has 3 aromatic rings. The van der Waals surface area contributed by atoms with Gasteiger partial charge in [-0.1, -0.05) is 0 Å². The Balaban J connectivity index is 1.52. The van der Waals surface area contributed by atoms with Gasteiger partial charge in [-0.3, -0.25) is 20.2 Å². The number of quaternary nitrogens is 1. The molecule has 1 aliphatic heterocycles. The molecule has 1 saturated heterocycles. The lowest BCUT2D eigenvalue weighted by Gasteiger charge is -2.36. The largest absolute Gasteiger partial charge is 0.316 e. The molecule has 2 atom stereocenters. The van der Waals surface area contributed by atoms with Gasteiger partial charge in [-0.05, 0) is 30.3 Å². The van der Waals surface area contributed by atoms with Gasteiger partial charge in [0.1, 0.15) is 12.6 Å². The molecule has 2 aromatic carbocycles. The summed E-state index contributed by atoms with van der Waals surface area (Å²) in [6, 6.07) is 18.1. The Bertz CT molecular complexity index is 1130. The topological polar surface area (TPSA) is 90.2 Å². The minimum absolute atomic E-state index is 0.0952. The molecule has 4 rings (SSSR count). The van der Waals surface area contributed by atoms with Crippen LogP contribution in [0.2, 0.25) is 0 Å². The van der Waals surface area contributed by atoms with Crippen molar-refractivity contribution in [1.29, 1.82) is 0 Å². The summed E-state index contributed by atoms with van der Waals surface area (Å²) in [4.78, 5) is 21.0. The SMILES string of the molecule is C[N+]1(Cc2ccc([N+](=O)[O-])cc2)CCC[C@@H]1c1ccc[n+](Cc2ccc([N+](=O)[O-])cc2)c1. The van der Waals surface area contributed by atoms with Gasteiger partial charge in [-0.2, -0.15) is 0 Å². The van der Waals surface area contributed by atoms with Crippen LogP contribution in [0.15, 0.2) is 73.1 Å². The summed E-state index contributed by atoms with van der Waals surface area (Å²) in [6.07, 6.45) is 6.40. The molecule has 1 aliphatic rings. The summed E-state index contributed by atoms with van der Waals surface area (Å²) < 4.78 is 2.98. The monoisotopic (exact) mass is 434 g/mol. The molecule has 1 fully saturated rings. The number of nitro benzene ring substituents is 2. The van der Waals surface area contributed by atoms with Gasteiger partial charge >= 0.3 is 0 Å². The van der Waals surface area contributed by atoms with E-state index < -0.39 is 0 Å². The number of aromatic nitrogens is 1. The highest BCUT2D eigenvalue weighted by atomic mass is 16.6. The zero-order valence-corrected chi connectivity index (χ0v) is 18.0. The second-order valence-electron chi connectivity index (χ2n) is 8.68. The maximum Gasteiger partial charge on any atom is 0.269 e. The molecule has 8 nitrogen and oxygen atoms in total. The van der Waals surface area contributed by atoms with Gasteiger partial charge < -0.3 is 4.48 Å². The molecule has 1 unspecified atom stereocenters. The normalized spacial score (nSPS) is 20.2. The third kappa shape index (κ3) is 4.65. The third-order valence-electron chi connectivity index (χ3n) is 6.37. The molecule has 0 N–H and O–H groups in total. The number of likely N-dealkylation sites (tertiary alicyclic amines) is 1. The van der Waals surface area contributed by atoms with E-state index in [1.54, 1.807) is 24.3 Å². The van der Waals surface area contributed by atoms with Gasteiger partial charge in [0.2, 0.25) is 0 Å². The fourth-order valence-corrected chi connectivity index (χ4v) is 4.74. The summed E-state index contributed by atoms with van der Waals surface area (Å²) >= 11 is 0. The molecule has 0 saturated carbocycles. The zero-order valence-electron chi connectivity index (χ0n) is 18.0. The van der Waals surface area contributed by atoms with E-state index in [1.807, 2.05) is 18.3 Å². The molecule has 2 heterocycles. The van der Waals surface area contributed by atoms with Crippen LogP contribution in [0.5, 0.6) is 0 Å². The van der Waals surface area contributed by atoms with Crippen molar-refractivity contribution in [3.63, 3.8) is 0 Å². The summed E-state index contributed by atoms with van der Waals surface area (Å²) in [7, 11) is 2.26. The van der Waals surface area contributed by atoms with Crippen molar-refractivity contribution in [3.05, 3.63) is 110 Å². The van der Waals surface area contributed by atoms with E-state index in [9.17, 15) is 20.2 Å². The van der Waals surface area contributed by atoms with E-state index >= 15 is 0 Å². The van der Waals surface area contributed by atoms with Gasteiger partial charge in [0.15, 0.2) is 18.9 Å². The molecule has 0 amide bonds. The van der Waals surface area contributed by atoms with Gasteiger partial charge in [-0.15, -0.1) is 0 Å². The number of rotatable bonds is 7. The van der Waals surface area contributed by atoms with Crippen molar-refractivity contribution in [2.75, 3.05) is 13.6 Å². The lowest BCUT2D eigenvalue weighted by molar-refractivity contribution is -0.940. The van der Waals surface area contributed by atoms with E-state index in [0.717, 1.165) is 41.5 Å². The molecule has 32 heavy (non-hydrogen) atoms. The molecule has 164 valence electrons. The maximum absolute atomic E-state index is 10.9. The summed E-state index contributed by atoms with van der Waals surface area (Å²) in [6.45, 7) is 2.52. The van der Waals surface area contributed by atoms with E-state index in [1.165, 1.54) is 17.7 Å². The molecule has 8 heteroatoms. The Morgan fingerprint density at radius 1 is 0.938 bits per heavy atom. The standard InChI is InChI=1S/C24H26N4O4/c1-28(18-20-8-12-23(13-9-20)27(31)32)15-3-5-24(28)21-4-2-14-25(17-21)16-19-6-10-22(11-7-19)26(29)30/h2,4,6-14,17,24H,3,5,15-16,18H2,1H3/q+2/t24-,28?/m1/s1. The van der Waals surface area contributed by atoms with Crippen LogP contribution in [0.3, 0.4) is 0 Å². The van der Waals surface area contributed by atoms with Crippen LogP contribution in [0.25, 0.3) is 0 Å². The quantitative estimate of drug-likeness (QED) is 0.240. The lowest BCUT2D eigenvalue weighted by Crippen LogP contribution is -2.43. The number of nitro groups is 2. The predicted octanol–water partition coefficient (Wildman–Crippen LogP) is 4.32. The highest BCUT2D eigenvalue weighted by Crippen LogP contribution is 2.39. The smallest absolute Gasteiger partial charge is 0.269 e. The molecular formula is C24H26N4O4+2. The Morgan fingerprint density at radius 2 is 1.53 bits per heavy atom. The van der Waals surface area contributed by atoms with Crippen LogP contribution in [-0.2, 0) is 13.1 Å². The van der Waals surface area contributed by atoms with Crippen molar-refractivity contribution >= 4 is 11.4 Å². The zero-order chi connectivity index (χ0) is 22.7. The van der Waals surface area contributed by atoms with Crippen molar-refractivity contribution in [3.8, 4) is 0 Å². The molecular weight excluding hydrogens is 408 g/mol. The molecule has 0 bridgehead atoms. The minimum Gasteiger partial charge on any atom is -0.316 e. The number of benzene rings is 2. The Labute approximate surface area is 186 Å². The maximum atomic E-state index is 10.9. The van der Waals surface area contributed by atoms with Crippen LogP contribution < -0.4 is 4.57 Å². The van der Waals surface area contributed by atoms with Crippen LogP contribution in [-0.4, -0.2) is 27.9 Å². The average molecular weight is 434 g/mol. The van der Waals surface area contributed by atoms with Crippen molar-refractivity contribution in [1.82, 2.24) is 0 Å². The second-order valence-corrected chi connectivity index (χ2v) is 8.68. The Morgan fingerprint density at radius 3 is 2.12 bits per heavy atom. The van der Waals surface area contributed by atoms with Gasteiger partial charge in [0.25, 0.3) is 11.4 Å². The fraction of sp³-hybridized carbons (Fsp3) is 0.292. The first kappa shape index (κ1) is 21.6. The van der Waals surface area contributed by atoms with Crippen LogP contribution in [0.1, 0.15) is 35.6 Å². The number of nitrogens with zero attached hydrogens (tertiary/aromatic N) is 4. The van der Waals surface area contributed by atoms with Gasteiger partial charge in [-0.25, -0.2) is 4.57 Å². The molecule has 1 aromatic heterocycles. The lowest BCUT2D eigenvalue weighted by atomic mass is 10.0. The summed E-state index contributed by atoms with van der Waals surface area (Å²) in [5.74, 6) is 0. The Hall–Kier alpha value is -3.65. The molecule has 0 aliphatic carbocycles. The van der Waals surface area contributed by atoms with Gasteiger partial charge in [0, 0.05) is 54.3 Å². The first-order chi connectivity index (χ1) is 15.3. The highest BCUT2D eigenvalue weighted by Gasteiger charge is 2.40. The predicted molar refractivity (Wildman–Crippen MR) is 119 cm³/mol.